The standard InChI is InChI=1S/C27H26N8/c28-25-21(6-2-13-29-25)26-32-23-11-12-24(34-15-3-14-30-34)33-27(23)35(26)19-8-9-20-17(16-19)7-10-22(20)31-18-4-1-5-18/h2-3,6,8-9,11-16,18,22,31H,1,4-5,7,10H2,(H2,28,29). The van der Waals surface area contributed by atoms with Crippen molar-refractivity contribution in [3.8, 4) is 22.9 Å². The fourth-order valence-corrected chi connectivity index (χ4v) is 5.29. The summed E-state index contributed by atoms with van der Waals surface area (Å²) in [6, 6.07) is 17.5. The summed E-state index contributed by atoms with van der Waals surface area (Å²) in [7, 11) is 0. The van der Waals surface area contributed by atoms with Crippen molar-refractivity contribution in [3.63, 3.8) is 0 Å². The van der Waals surface area contributed by atoms with Gasteiger partial charge < -0.3 is 11.1 Å². The Morgan fingerprint density at radius 1 is 0.971 bits per heavy atom. The Labute approximate surface area is 202 Å². The largest absolute Gasteiger partial charge is 0.383 e. The van der Waals surface area contributed by atoms with Gasteiger partial charge in [-0.15, -0.1) is 0 Å². The second-order valence-electron chi connectivity index (χ2n) is 9.44. The lowest BCUT2D eigenvalue weighted by molar-refractivity contribution is 0.304. The Bertz CT molecular complexity index is 1530. The molecule has 8 nitrogen and oxygen atoms in total. The van der Waals surface area contributed by atoms with Gasteiger partial charge in [0.05, 0.1) is 5.56 Å². The Morgan fingerprint density at radius 2 is 1.91 bits per heavy atom. The quantitative estimate of drug-likeness (QED) is 0.402. The first-order valence-electron chi connectivity index (χ1n) is 12.2. The molecule has 0 saturated heterocycles. The predicted octanol–water partition coefficient (Wildman–Crippen LogP) is 4.38. The summed E-state index contributed by atoms with van der Waals surface area (Å²) in [6.45, 7) is 0. The number of nitrogen functional groups attached to an aromatic ring is 1. The molecule has 2 aliphatic carbocycles. The number of anilines is 1. The summed E-state index contributed by atoms with van der Waals surface area (Å²) < 4.78 is 3.86. The van der Waals surface area contributed by atoms with E-state index in [2.05, 4.69) is 38.2 Å². The number of imidazole rings is 1. The molecule has 0 spiro atoms. The zero-order valence-electron chi connectivity index (χ0n) is 19.3. The average Bonchev–Trinajstić information content (AvgIpc) is 3.59. The maximum Gasteiger partial charge on any atom is 0.167 e. The second-order valence-corrected chi connectivity index (χ2v) is 9.44. The van der Waals surface area contributed by atoms with Crippen LogP contribution in [0.1, 0.15) is 42.9 Å². The van der Waals surface area contributed by atoms with Gasteiger partial charge in [-0.1, -0.05) is 12.5 Å². The molecule has 174 valence electrons. The second kappa shape index (κ2) is 8.02. The Kier molecular flexibility index (Phi) is 4.66. The van der Waals surface area contributed by atoms with Gasteiger partial charge in [-0.2, -0.15) is 5.10 Å². The van der Waals surface area contributed by atoms with Crippen molar-refractivity contribution in [2.75, 3.05) is 5.73 Å². The summed E-state index contributed by atoms with van der Waals surface area (Å²) in [5.74, 6) is 1.92. The van der Waals surface area contributed by atoms with E-state index in [1.807, 2.05) is 36.5 Å². The van der Waals surface area contributed by atoms with Gasteiger partial charge in [0, 0.05) is 36.4 Å². The van der Waals surface area contributed by atoms with Crippen LogP contribution in [-0.4, -0.2) is 35.3 Å². The molecule has 4 aromatic heterocycles. The summed E-state index contributed by atoms with van der Waals surface area (Å²) >= 11 is 0. The Morgan fingerprint density at radius 3 is 2.71 bits per heavy atom. The molecule has 0 aliphatic heterocycles. The lowest BCUT2D eigenvalue weighted by atomic mass is 9.92. The highest BCUT2D eigenvalue weighted by Crippen LogP contribution is 2.37. The van der Waals surface area contributed by atoms with Crippen molar-refractivity contribution in [2.45, 2.75) is 44.2 Å². The first kappa shape index (κ1) is 20.3. The molecule has 0 bridgehead atoms. The minimum Gasteiger partial charge on any atom is -0.383 e. The molecular formula is C27H26N8. The van der Waals surface area contributed by atoms with E-state index < -0.39 is 0 Å². The van der Waals surface area contributed by atoms with E-state index in [0.29, 0.717) is 17.9 Å². The van der Waals surface area contributed by atoms with Crippen LogP contribution >= 0.6 is 0 Å². The molecule has 3 N–H and O–H groups in total. The molecule has 1 unspecified atom stereocenters. The van der Waals surface area contributed by atoms with Crippen LogP contribution in [0.2, 0.25) is 0 Å². The van der Waals surface area contributed by atoms with Crippen LogP contribution in [-0.2, 0) is 6.42 Å². The van der Waals surface area contributed by atoms with Crippen molar-refractivity contribution >= 4 is 17.0 Å². The van der Waals surface area contributed by atoms with Crippen LogP contribution in [0.4, 0.5) is 5.82 Å². The summed E-state index contributed by atoms with van der Waals surface area (Å²) in [5, 5.41) is 8.21. The Hall–Kier alpha value is -4.04. The zero-order valence-corrected chi connectivity index (χ0v) is 19.3. The van der Waals surface area contributed by atoms with Crippen LogP contribution in [0.25, 0.3) is 34.1 Å². The minimum atomic E-state index is 0.446. The molecule has 0 amide bonds. The number of benzene rings is 1. The SMILES string of the molecule is Nc1ncccc1-c1nc2ccc(-n3cccn3)nc2n1-c1ccc2c(c1)CCC2NC1CCC1. The number of hydrogen-bond donors (Lipinski definition) is 2. The molecule has 0 radical (unpaired) electrons. The number of nitrogens with zero attached hydrogens (tertiary/aromatic N) is 6. The van der Waals surface area contributed by atoms with Crippen molar-refractivity contribution in [3.05, 3.63) is 78.2 Å². The van der Waals surface area contributed by atoms with E-state index in [1.165, 1.54) is 30.4 Å². The van der Waals surface area contributed by atoms with E-state index in [1.54, 1.807) is 17.1 Å². The number of rotatable bonds is 5. The molecule has 8 heteroatoms. The number of nitrogens with two attached hydrogens (primary N) is 1. The number of fused-ring (bicyclic) bond motifs is 2. The van der Waals surface area contributed by atoms with Crippen molar-refractivity contribution in [1.29, 1.82) is 0 Å². The third kappa shape index (κ3) is 3.40. The number of aromatic nitrogens is 6. The van der Waals surface area contributed by atoms with Crippen molar-refractivity contribution < 1.29 is 0 Å². The van der Waals surface area contributed by atoms with Crippen LogP contribution in [0, 0.1) is 0 Å². The molecule has 7 rings (SSSR count). The molecule has 5 aromatic rings. The van der Waals surface area contributed by atoms with Crippen LogP contribution < -0.4 is 11.1 Å². The lowest BCUT2D eigenvalue weighted by Crippen LogP contribution is -2.37. The highest BCUT2D eigenvalue weighted by Gasteiger charge is 2.28. The summed E-state index contributed by atoms with van der Waals surface area (Å²) in [5.41, 5.74) is 12.5. The zero-order chi connectivity index (χ0) is 23.4. The fourth-order valence-electron chi connectivity index (χ4n) is 5.29. The predicted molar refractivity (Wildman–Crippen MR) is 135 cm³/mol. The lowest BCUT2D eigenvalue weighted by Gasteiger charge is -2.30. The summed E-state index contributed by atoms with van der Waals surface area (Å²) in [4.78, 5) is 14.2. The third-order valence-corrected chi connectivity index (χ3v) is 7.31. The van der Waals surface area contributed by atoms with Crippen LogP contribution in [0.5, 0.6) is 0 Å². The van der Waals surface area contributed by atoms with Crippen molar-refractivity contribution in [2.24, 2.45) is 0 Å². The van der Waals surface area contributed by atoms with Gasteiger partial charge >= 0.3 is 0 Å². The highest BCUT2D eigenvalue weighted by atomic mass is 15.3. The number of nitrogens with one attached hydrogen (secondary N) is 1. The number of aryl methyl sites for hydroxylation is 1. The van der Waals surface area contributed by atoms with Gasteiger partial charge in [-0.05, 0) is 79.3 Å². The van der Waals surface area contributed by atoms with Crippen molar-refractivity contribution in [1.82, 2.24) is 34.6 Å². The minimum absolute atomic E-state index is 0.446. The average molecular weight is 463 g/mol. The van der Waals surface area contributed by atoms with Gasteiger partial charge in [0.2, 0.25) is 0 Å². The molecule has 4 heterocycles. The molecule has 1 aromatic carbocycles. The topological polar surface area (TPSA) is 99.5 Å². The smallest absolute Gasteiger partial charge is 0.167 e. The molecule has 1 saturated carbocycles. The normalized spacial score (nSPS) is 17.5. The van der Waals surface area contributed by atoms with Gasteiger partial charge in [-0.3, -0.25) is 4.57 Å². The van der Waals surface area contributed by atoms with Gasteiger partial charge in [0.25, 0.3) is 0 Å². The summed E-state index contributed by atoms with van der Waals surface area (Å²) in [6.07, 6.45) is 11.5. The van der Waals surface area contributed by atoms with E-state index in [9.17, 15) is 0 Å². The molecule has 2 aliphatic rings. The Balaban J connectivity index is 1.39. The first-order chi connectivity index (χ1) is 17.2. The third-order valence-electron chi connectivity index (χ3n) is 7.31. The van der Waals surface area contributed by atoms with E-state index in [4.69, 9.17) is 15.7 Å². The fraction of sp³-hybridized carbons (Fsp3) is 0.259. The molecule has 1 atom stereocenters. The van der Waals surface area contributed by atoms with Gasteiger partial charge in [0.15, 0.2) is 17.3 Å². The monoisotopic (exact) mass is 462 g/mol. The van der Waals surface area contributed by atoms with Gasteiger partial charge in [0.1, 0.15) is 11.3 Å². The van der Waals surface area contributed by atoms with E-state index in [0.717, 1.165) is 46.9 Å². The van der Waals surface area contributed by atoms with E-state index in [-0.39, 0.29) is 0 Å². The first-order valence-corrected chi connectivity index (χ1v) is 12.2. The maximum absolute atomic E-state index is 6.29. The number of hydrogen-bond acceptors (Lipinski definition) is 6. The molecular weight excluding hydrogens is 436 g/mol. The van der Waals surface area contributed by atoms with Crippen LogP contribution in [0.15, 0.2) is 67.1 Å². The molecule has 35 heavy (non-hydrogen) atoms. The maximum atomic E-state index is 6.29. The highest BCUT2D eigenvalue weighted by molar-refractivity contribution is 5.83. The number of pyridine rings is 2. The van der Waals surface area contributed by atoms with Gasteiger partial charge in [-0.25, -0.2) is 19.6 Å². The van der Waals surface area contributed by atoms with Crippen LogP contribution in [0.3, 0.4) is 0 Å². The molecule has 1 fully saturated rings. The van der Waals surface area contributed by atoms with E-state index >= 15 is 0 Å².